The lowest BCUT2D eigenvalue weighted by Crippen LogP contribution is -2.52. The molecule has 1 amide bonds. The first kappa shape index (κ1) is 13.5. The highest BCUT2D eigenvalue weighted by Gasteiger charge is 2.27. The van der Waals surface area contributed by atoms with Crippen molar-refractivity contribution < 1.29 is 9.53 Å². The SMILES string of the molecule is CCNC(=O)C(C)NC1CCCCC1OC. The van der Waals surface area contributed by atoms with E-state index < -0.39 is 0 Å². The van der Waals surface area contributed by atoms with Gasteiger partial charge in [0.15, 0.2) is 0 Å². The number of amides is 1. The minimum absolute atomic E-state index is 0.0722. The van der Waals surface area contributed by atoms with Gasteiger partial charge in [-0.25, -0.2) is 0 Å². The predicted molar refractivity (Wildman–Crippen MR) is 64.3 cm³/mol. The molecule has 0 aliphatic heterocycles. The molecule has 0 aromatic carbocycles. The highest BCUT2D eigenvalue weighted by molar-refractivity contribution is 5.81. The van der Waals surface area contributed by atoms with Crippen LogP contribution in [-0.4, -0.2) is 37.7 Å². The van der Waals surface area contributed by atoms with E-state index in [1.54, 1.807) is 7.11 Å². The lowest BCUT2D eigenvalue weighted by Gasteiger charge is -2.33. The molecule has 1 aliphatic rings. The summed E-state index contributed by atoms with van der Waals surface area (Å²) >= 11 is 0. The Morgan fingerprint density at radius 1 is 1.44 bits per heavy atom. The van der Waals surface area contributed by atoms with Crippen LogP contribution in [0.1, 0.15) is 39.5 Å². The van der Waals surface area contributed by atoms with E-state index in [9.17, 15) is 4.79 Å². The average Bonchev–Trinajstić information content (AvgIpc) is 2.30. The molecule has 0 bridgehead atoms. The molecule has 1 fully saturated rings. The molecule has 3 atom stereocenters. The van der Waals surface area contributed by atoms with Crippen LogP contribution in [0.4, 0.5) is 0 Å². The third-order valence-corrected chi connectivity index (χ3v) is 3.21. The second kappa shape index (κ2) is 6.86. The summed E-state index contributed by atoms with van der Waals surface area (Å²) in [6, 6.07) is 0.178. The van der Waals surface area contributed by atoms with Gasteiger partial charge in [-0.2, -0.15) is 0 Å². The number of nitrogens with one attached hydrogen (secondary N) is 2. The Balaban J connectivity index is 2.41. The minimum Gasteiger partial charge on any atom is -0.380 e. The highest BCUT2D eigenvalue weighted by Crippen LogP contribution is 2.21. The van der Waals surface area contributed by atoms with Crippen LogP contribution in [0.3, 0.4) is 0 Å². The maximum absolute atomic E-state index is 11.6. The Kier molecular flexibility index (Phi) is 5.77. The topological polar surface area (TPSA) is 50.4 Å². The smallest absolute Gasteiger partial charge is 0.236 e. The normalized spacial score (nSPS) is 27.4. The van der Waals surface area contributed by atoms with Crippen LogP contribution >= 0.6 is 0 Å². The molecule has 16 heavy (non-hydrogen) atoms. The number of methoxy groups -OCH3 is 1. The molecule has 94 valence electrons. The fraction of sp³-hybridized carbons (Fsp3) is 0.917. The number of carbonyl (C=O) groups excluding carboxylic acids is 1. The van der Waals surface area contributed by atoms with E-state index in [4.69, 9.17) is 4.74 Å². The number of ether oxygens (including phenoxy) is 1. The fourth-order valence-electron chi connectivity index (χ4n) is 2.29. The third-order valence-electron chi connectivity index (χ3n) is 3.21. The van der Waals surface area contributed by atoms with Gasteiger partial charge in [-0.1, -0.05) is 12.8 Å². The van der Waals surface area contributed by atoms with Crippen LogP contribution in [0.25, 0.3) is 0 Å². The highest BCUT2D eigenvalue weighted by atomic mass is 16.5. The van der Waals surface area contributed by atoms with Crippen LogP contribution in [0.2, 0.25) is 0 Å². The molecule has 1 rings (SSSR count). The molecule has 0 heterocycles. The Labute approximate surface area is 98.1 Å². The summed E-state index contributed by atoms with van der Waals surface area (Å²) in [6.07, 6.45) is 4.90. The van der Waals surface area contributed by atoms with Crippen molar-refractivity contribution in [2.75, 3.05) is 13.7 Å². The van der Waals surface area contributed by atoms with Crippen molar-refractivity contribution in [2.24, 2.45) is 0 Å². The first-order valence-corrected chi connectivity index (χ1v) is 6.25. The number of carbonyl (C=O) groups is 1. The third kappa shape index (κ3) is 3.76. The molecule has 1 saturated carbocycles. The second-order valence-electron chi connectivity index (χ2n) is 4.45. The van der Waals surface area contributed by atoms with Crippen molar-refractivity contribution in [1.82, 2.24) is 10.6 Å². The number of hydrogen-bond acceptors (Lipinski definition) is 3. The molecule has 1 aliphatic carbocycles. The van der Waals surface area contributed by atoms with Gasteiger partial charge in [0.25, 0.3) is 0 Å². The summed E-state index contributed by atoms with van der Waals surface area (Å²) in [5.41, 5.74) is 0. The van der Waals surface area contributed by atoms with Crippen LogP contribution in [0.15, 0.2) is 0 Å². The van der Waals surface area contributed by atoms with E-state index in [0.29, 0.717) is 12.6 Å². The summed E-state index contributed by atoms with van der Waals surface area (Å²) in [6.45, 7) is 4.53. The molecule has 3 unspecified atom stereocenters. The molecular weight excluding hydrogens is 204 g/mol. The van der Waals surface area contributed by atoms with Gasteiger partial charge in [-0.05, 0) is 26.7 Å². The van der Waals surface area contributed by atoms with Crippen molar-refractivity contribution in [2.45, 2.75) is 57.7 Å². The molecule has 0 saturated heterocycles. The zero-order valence-corrected chi connectivity index (χ0v) is 10.6. The average molecular weight is 228 g/mol. The van der Waals surface area contributed by atoms with E-state index in [1.165, 1.54) is 12.8 Å². The Bertz CT molecular complexity index is 221. The molecule has 0 radical (unpaired) electrons. The quantitative estimate of drug-likeness (QED) is 0.739. The Morgan fingerprint density at radius 2 is 2.12 bits per heavy atom. The van der Waals surface area contributed by atoms with Gasteiger partial charge < -0.3 is 15.4 Å². The first-order chi connectivity index (χ1) is 7.69. The van der Waals surface area contributed by atoms with E-state index in [-0.39, 0.29) is 18.1 Å². The summed E-state index contributed by atoms with van der Waals surface area (Å²) in [5.74, 6) is 0.0722. The molecule has 0 aromatic rings. The van der Waals surface area contributed by atoms with Crippen molar-refractivity contribution in [3.05, 3.63) is 0 Å². The van der Waals surface area contributed by atoms with Crippen molar-refractivity contribution >= 4 is 5.91 Å². The molecule has 0 aromatic heterocycles. The molecule has 0 spiro atoms. The van der Waals surface area contributed by atoms with Gasteiger partial charge >= 0.3 is 0 Å². The van der Waals surface area contributed by atoms with E-state index >= 15 is 0 Å². The van der Waals surface area contributed by atoms with Crippen LogP contribution in [-0.2, 0) is 9.53 Å². The van der Waals surface area contributed by atoms with Gasteiger partial charge in [-0.3, -0.25) is 4.79 Å². The lowest BCUT2D eigenvalue weighted by molar-refractivity contribution is -0.123. The van der Waals surface area contributed by atoms with Gasteiger partial charge in [-0.15, -0.1) is 0 Å². The summed E-state index contributed by atoms with van der Waals surface area (Å²) in [5, 5.41) is 6.19. The summed E-state index contributed by atoms with van der Waals surface area (Å²) in [7, 11) is 1.75. The standard InChI is InChI=1S/C12H24N2O2/c1-4-13-12(15)9(2)14-10-7-5-6-8-11(10)16-3/h9-11,14H,4-8H2,1-3H3,(H,13,15). The predicted octanol–water partition coefficient (Wildman–Crippen LogP) is 1.06. The van der Waals surface area contributed by atoms with Crippen LogP contribution in [0, 0.1) is 0 Å². The monoisotopic (exact) mass is 228 g/mol. The van der Waals surface area contributed by atoms with Gasteiger partial charge in [0.05, 0.1) is 12.1 Å². The summed E-state index contributed by atoms with van der Waals surface area (Å²) in [4.78, 5) is 11.6. The van der Waals surface area contributed by atoms with Gasteiger partial charge in [0, 0.05) is 19.7 Å². The number of likely N-dealkylation sites (N-methyl/N-ethyl adjacent to an activating group) is 1. The maximum atomic E-state index is 11.6. The zero-order valence-electron chi connectivity index (χ0n) is 10.6. The largest absolute Gasteiger partial charge is 0.380 e. The zero-order chi connectivity index (χ0) is 12.0. The van der Waals surface area contributed by atoms with Gasteiger partial charge in [0.1, 0.15) is 0 Å². The number of hydrogen-bond donors (Lipinski definition) is 2. The van der Waals surface area contributed by atoms with E-state index in [2.05, 4.69) is 10.6 Å². The van der Waals surface area contributed by atoms with Crippen LogP contribution < -0.4 is 10.6 Å². The second-order valence-corrected chi connectivity index (χ2v) is 4.45. The maximum Gasteiger partial charge on any atom is 0.236 e. The first-order valence-electron chi connectivity index (χ1n) is 6.25. The fourth-order valence-corrected chi connectivity index (χ4v) is 2.29. The van der Waals surface area contributed by atoms with Crippen LogP contribution in [0.5, 0.6) is 0 Å². The van der Waals surface area contributed by atoms with Crippen molar-refractivity contribution in [3.8, 4) is 0 Å². The summed E-state index contributed by atoms with van der Waals surface area (Å²) < 4.78 is 5.45. The lowest BCUT2D eigenvalue weighted by atomic mass is 9.92. The Morgan fingerprint density at radius 3 is 2.75 bits per heavy atom. The molecule has 2 N–H and O–H groups in total. The van der Waals surface area contributed by atoms with E-state index in [0.717, 1.165) is 12.8 Å². The molecule has 4 nitrogen and oxygen atoms in total. The van der Waals surface area contributed by atoms with Crippen molar-refractivity contribution in [1.29, 1.82) is 0 Å². The van der Waals surface area contributed by atoms with Crippen molar-refractivity contribution in [3.63, 3.8) is 0 Å². The van der Waals surface area contributed by atoms with E-state index in [1.807, 2.05) is 13.8 Å². The molecule has 4 heteroatoms. The minimum atomic E-state index is -0.138. The Hall–Kier alpha value is -0.610. The van der Waals surface area contributed by atoms with Gasteiger partial charge in [0.2, 0.25) is 5.91 Å². The number of rotatable bonds is 5. The molecular formula is C12H24N2O2.